The number of halogens is 1. The Morgan fingerprint density at radius 2 is 2.31 bits per heavy atom. The summed E-state index contributed by atoms with van der Waals surface area (Å²) in [5, 5.41) is 15.6. The molecule has 0 bridgehead atoms. The molecule has 26 heavy (non-hydrogen) atoms. The van der Waals surface area contributed by atoms with Crippen LogP contribution in [0.1, 0.15) is 16.9 Å². The van der Waals surface area contributed by atoms with E-state index < -0.39 is 11.7 Å². The molecule has 1 aliphatic rings. The van der Waals surface area contributed by atoms with E-state index in [0.717, 1.165) is 0 Å². The minimum Gasteiger partial charge on any atom is -0.346 e. The zero-order valence-electron chi connectivity index (χ0n) is 13.6. The molecule has 130 valence electrons. The summed E-state index contributed by atoms with van der Waals surface area (Å²) in [7, 11) is 0. The van der Waals surface area contributed by atoms with Crippen LogP contribution in [0.25, 0.3) is 16.9 Å². The number of likely N-dealkylation sites (tertiary alicyclic amines) is 1. The van der Waals surface area contributed by atoms with Crippen LogP contribution in [0.2, 0.25) is 0 Å². The van der Waals surface area contributed by atoms with Gasteiger partial charge in [0.25, 0.3) is 5.91 Å². The number of aromatic nitrogens is 4. The zero-order valence-corrected chi connectivity index (χ0v) is 13.6. The Labute approximate surface area is 147 Å². The lowest BCUT2D eigenvalue weighted by atomic mass is 10.1. The van der Waals surface area contributed by atoms with Crippen molar-refractivity contribution in [2.75, 3.05) is 13.1 Å². The smallest absolute Gasteiger partial charge is 0.273 e. The van der Waals surface area contributed by atoms with Crippen LogP contribution < -0.4 is 5.32 Å². The molecule has 1 fully saturated rings. The number of nitriles is 1. The van der Waals surface area contributed by atoms with Gasteiger partial charge in [-0.3, -0.25) is 4.79 Å². The molecule has 0 radical (unpaired) electrons. The van der Waals surface area contributed by atoms with Crippen LogP contribution in [0.4, 0.5) is 4.39 Å². The molecule has 3 aromatic heterocycles. The van der Waals surface area contributed by atoms with Gasteiger partial charge in [0.1, 0.15) is 0 Å². The maximum atomic E-state index is 14.4. The molecular weight excluding hydrogens is 337 g/mol. The number of rotatable bonds is 3. The number of hydrogen-bond acceptors (Lipinski definition) is 6. The van der Waals surface area contributed by atoms with E-state index in [1.54, 1.807) is 33.9 Å². The van der Waals surface area contributed by atoms with Crippen molar-refractivity contribution in [3.63, 3.8) is 0 Å². The highest BCUT2D eigenvalue weighted by atomic mass is 19.1. The molecule has 8 nitrogen and oxygen atoms in total. The van der Waals surface area contributed by atoms with Crippen molar-refractivity contribution in [2.24, 2.45) is 0 Å². The third-order valence-electron chi connectivity index (χ3n) is 4.27. The van der Waals surface area contributed by atoms with Gasteiger partial charge in [0.05, 0.1) is 11.9 Å². The second-order valence-corrected chi connectivity index (χ2v) is 6.01. The monoisotopic (exact) mass is 351 g/mol. The Bertz CT molecular complexity index is 1030. The van der Waals surface area contributed by atoms with E-state index in [2.05, 4.69) is 20.4 Å². The summed E-state index contributed by atoms with van der Waals surface area (Å²) in [4.78, 5) is 22.2. The van der Waals surface area contributed by atoms with Crippen LogP contribution in [0.5, 0.6) is 0 Å². The maximum absolute atomic E-state index is 14.4. The number of carbonyl (C=O) groups is 1. The second kappa shape index (κ2) is 6.40. The van der Waals surface area contributed by atoms with E-state index in [0.29, 0.717) is 36.4 Å². The van der Waals surface area contributed by atoms with Crippen molar-refractivity contribution in [3.05, 3.63) is 48.3 Å². The maximum Gasteiger partial charge on any atom is 0.273 e. The first-order valence-electron chi connectivity index (χ1n) is 8.06. The van der Waals surface area contributed by atoms with E-state index in [9.17, 15) is 9.18 Å². The SMILES string of the molecule is N#CN1CCC(NC(=O)c2ncc(-c3ccn4nccc4n3)cc2F)C1. The molecule has 9 heteroatoms. The minimum atomic E-state index is -0.717. The van der Waals surface area contributed by atoms with Gasteiger partial charge < -0.3 is 10.2 Å². The highest BCUT2D eigenvalue weighted by Crippen LogP contribution is 2.19. The third kappa shape index (κ3) is 2.93. The molecule has 0 spiro atoms. The quantitative estimate of drug-likeness (QED) is 0.712. The van der Waals surface area contributed by atoms with Gasteiger partial charge in [-0.25, -0.2) is 18.9 Å². The number of fused-ring (bicyclic) bond motifs is 1. The van der Waals surface area contributed by atoms with Crippen LogP contribution >= 0.6 is 0 Å². The zero-order chi connectivity index (χ0) is 18.1. The summed E-state index contributed by atoms with van der Waals surface area (Å²) in [6.45, 7) is 1.01. The lowest BCUT2D eigenvalue weighted by molar-refractivity contribution is 0.0929. The normalized spacial score (nSPS) is 16.6. The largest absolute Gasteiger partial charge is 0.346 e. The average molecular weight is 351 g/mol. The number of amides is 1. The molecule has 0 aliphatic carbocycles. The van der Waals surface area contributed by atoms with Crippen molar-refractivity contribution >= 4 is 11.6 Å². The molecule has 4 rings (SSSR count). The number of nitrogens with zero attached hydrogens (tertiary/aromatic N) is 6. The van der Waals surface area contributed by atoms with Crippen LogP contribution in [-0.2, 0) is 0 Å². The minimum absolute atomic E-state index is 0.186. The van der Waals surface area contributed by atoms with Gasteiger partial charge in [-0.1, -0.05) is 0 Å². The van der Waals surface area contributed by atoms with Crippen molar-refractivity contribution in [2.45, 2.75) is 12.5 Å². The Kier molecular flexibility index (Phi) is 3.93. The lowest BCUT2D eigenvalue weighted by Gasteiger charge is -2.12. The Balaban J connectivity index is 1.54. The Morgan fingerprint density at radius 3 is 3.08 bits per heavy atom. The molecule has 1 amide bonds. The number of pyridine rings is 1. The van der Waals surface area contributed by atoms with Gasteiger partial charge in [0.15, 0.2) is 23.4 Å². The fourth-order valence-corrected chi connectivity index (χ4v) is 2.94. The molecule has 0 aromatic carbocycles. The second-order valence-electron chi connectivity index (χ2n) is 6.01. The van der Waals surface area contributed by atoms with Crippen LogP contribution in [-0.4, -0.2) is 49.5 Å². The highest BCUT2D eigenvalue weighted by Gasteiger charge is 2.25. The standard InChI is InChI=1S/C17H14FN7O/c18-13-7-11(14-3-6-25-15(23-14)1-4-21-25)8-20-16(13)17(26)22-12-2-5-24(9-12)10-19/h1,3-4,6-8,12H,2,5,9H2,(H,22,26). The van der Waals surface area contributed by atoms with E-state index in [-0.39, 0.29) is 11.7 Å². The lowest BCUT2D eigenvalue weighted by Crippen LogP contribution is -2.37. The topological polar surface area (TPSA) is 99.2 Å². The molecule has 1 aliphatic heterocycles. The molecule has 1 saturated heterocycles. The third-order valence-corrected chi connectivity index (χ3v) is 4.27. The van der Waals surface area contributed by atoms with Gasteiger partial charge in [-0.05, 0) is 18.6 Å². The van der Waals surface area contributed by atoms with E-state index in [1.165, 1.54) is 12.3 Å². The Hall–Kier alpha value is -3.54. The molecule has 3 aromatic rings. The fraction of sp³-hybridized carbons (Fsp3) is 0.235. The van der Waals surface area contributed by atoms with Crippen molar-refractivity contribution in [1.82, 2.24) is 29.8 Å². The first kappa shape index (κ1) is 16.0. The van der Waals surface area contributed by atoms with Crippen LogP contribution in [0.3, 0.4) is 0 Å². The predicted octanol–water partition coefficient (Wildman–Crippen LogP) is 1.22. The van der Waals surface area contributed by atoms with Gasteiger partial charge >= 0.3 is 0 Å². The fourth-order valence-electron chi connectivity index (χ4n) is 2.94. The summed E-state index contributed by atoms with van der Waals surface area (Å²) < 4.78 is 16.0. The predicted molar refractivity (Wildman–Crippen MR) is 89.2 cm³/mol. The number of nitrogens with one attached hydrogen (secondary N) is 1. The molecule has 0 saturated carbocycles. The summed E-state index contributed by atoms with van der Waals surface area (Å²) >= 11 is 0. The summed E-state index contributed by atoms with van der Waals surface area (Å²) in [6.07, 6.45) is 7.44. The molecular formula is C17H14FN7O. The van der Waals surface area contributed by atoms with Crippen LogP contribution in [0.15, 0.2) is 36.8 Å². The summed E-state index contributed by atoms with van der Waals surface area (Å²) in [6, 6.07) is 4.49. The Morgan fingerprint density at radius 1 is 1.42 bits per heavy atom. The van der Waals surface area contributed by atoms with E-state index in [4.69, 9.17) is 5.26 Å². The van der Waals surface area contributed by atoms with E-state index in [1.807, 2.05) is 6.19 Å². The van der Waals surface area contributed by atoms with Crippen molar-refractivity contribution in [1.29, 1.82) is 5.26 Å². The summed E-state index contributed by atoms with van der Waals surface area (Å²) in [5.74, 6) is -1.30. The van der Waals surface area contributed by atoms with Crippen LogP contribution in [0, 0.1) is 17.3 Å². The van der Waals surface area contributed by atoms with Crippen molar-refractivity contribution < 1.29 is 9.18 Å². The van der Waals surface area contributed by atoms with Crippen molar-refractivity contribution in [3.8, 4) is 17.5 Å². The van der Waals surface area contributed by atoms with Gasteiger partial charge in [-0.15, -0.1) is 0 Å². The van der Waals surface area contributed by atoms with Gasteiger partial charge in [0.2, 0.25) is 0 Å². The molecule has 4 heterocycles. The number of carbonyl (C=O) groups excluding carboxylic acids is 1. The highest BCUT2D eigenvalue weighted by molar-refractivity contribution is 5.93. The van der Waals surface area contributed by atoms with Gasteiger partial charge in [0, 0.05) is 43.2 Å². The molecule has 1 unspecified atom stereocenters. The van der Waals surface area contributed by atoms with E-state index >= 15 is 0 Å². The first-order chi connectivity index (χ1) is 12.6. The average Bonchev–Trinajstić information content (AvgIpc) is 3.29. The molecule has 1 atom stereocenters. The molecule has 1 N–H and O–H groups in total. The summed E-state index contributed by atoms with van der Waals surface area (Å²) in [5.41, 5.74) is 1.37. The first-order valence-corrected chi connectivity index (χ1v) is 8.06. The van der Waals surface area contributed by atoms with Gasteiger partial charge in [-0.2, -0.15) is 10.4 Å². The number of hydrogen-bond donors (Lipinski definition) is 1.